The normalized spacial score (nSPS) is 13.0. The summed E-state index contributed by atoms with van der Waals surface area (Å²) >= 11 is 3.19. The van der Waals surface area contributed by atoms with Crippen LogP contribution in [-0.4, -0.2) is 22.5 Å². The summed E-state index contributed by atoms with van der Waals surface area (Å²) in [7, 11) is 0. The predicted octanol–water partition coefficient (Wildman–Crippen LogP) is 4.31. The highest BCUT2D eigenvalue weighted by molar-refractivity contribution is 9.10. The maximum atomic E-state index is 14.3. The van der Waals surface area contributed by atoms with Crippen LogP contribution in [0.4, 0.5) is 20.6 Å². The number of benzene rings is 2. The maximum Gasteiger partial charge on any atom is 0.438 e. The van der Waals surface area contributed by atoms with Crippen LogP contribution in [0.15, 0.2) is 63.9 Å². The van der Waals surface area contributed by atoms with Crippen LogP contribution < -0.4 is 21.1 Å². The molecule has 3 aromatic rings. The van der Waals surface area contributed by atoms with Crippen molar-refractivity contribution in [3.8, 4) is 11.6 Å². The number of anilines is 2. The highest BCUT2D eigenvalue weighted by Crippen LogP contribution is 2.29. The van der Waals surface area contributed by atoms with E-state index in [1.165, 1.54) is 18.2 Å². The van der Waals surface area contributed by atoms with Gasteiger partial charge in [-0.2, -0.15) is 10.2 Å². The van der Waals surface area contributed by atoms with E-state index in [-0.39, 0.29) is 17.3 Å². The molecule has 1 heterocycles. The largest absolute Gasteiger partial charge is 0.438 e. The van der Waals surface area contributed by atoms with Gasteiger partial charge < -0.3 is 10.1 Å². The number of halogens is 2. The Hall–Kier alpha value is -3.24. The summed E-state index contributed by atoms with van der Waals surface area (Å²) in [5.41, 5.74) is 2.27. The molecule has 31 heavy (non-hydrogen) atoms. The molecular weight excluding hydrogens is 471 g/mol. The Morgan fingerprint density at radius 2 is 1.94 bits per heavy atom. The third-order valence-corrected chi connectivity index (χ3v) is 4.95. The summed E-state index contributed by atoms with van der Waals surface area (Å²) in [6.45, 7) is 0.390. The molecule has 1 aliphatic rings. The molecule has 2 N–H and O–H groups in total. The number of nitrogens with zero attached hydrogens (tertiary/aromatic N) is 2. The van der Waals surface area contributed by atoms with Crippen molar-refractivity contribution < 1.29 is 18.8 Å². The first-order valence-corrected chi connectivity index (χ1v) is 10.3. The van der Waals surface area contributed by atoms with E-state index in [1.807, 2.05) is 0 Å². The molecule has 1 saturated carbocycles. The van der Waals surface area contributed by atoms with E-state index in [2.05, 4.69) is 31.8 Å². The smallest absolute Gasteiger partial charge is 0.386 e. The summed E-state index contributed by atoms with van der Waals surface area (Å²) in [5, 5.41) is 6.91. The molecule has 0 radical (unpaired) electrons. The summed E-state index contributed by atoms with van der Waals surface area (Å²) < 4.78 is 21.2. The standard InChI is InChI=1S/C21H18BrFN4O4/c22-14-8-9-17(16(23)10-14)24-18-11-19(28)27(15-4-2-1-3-5-15)25-20(18)31-21(29)26-30-12-13-6-7-13/h1-5,8-11,13,24H,6-7,12H2,(H,26,29). The first-order valence-electron chi connectivity index (χ1n) is 9.51. The lowest BCUT2D eigenvalue weighted by molar-refractivity contribution is 0.0386. The van der Waals surface area contributed by atoms with Gasteiger partial charge in [0.1, 0.15) is 11.5 Å². The van der Waals surface area contributed by atoms with Crippen molar-refractivity contribution in [1.29, 1.82) is 0 Å². The van der Waals surface area contributed by atoms with E-state index in [1.54, 1.807) is 36.4 Å². The molecule has 0 atom stereocenters. The van der Waals surface area contributed by atoms with Gasteiger partial charge in [-0.15, -0.1) is 5.10 Å². The van der Waals surface area contributed by atoms with E-state index in [9.17, 15) is 14.0 Å². The molecular formula is C21H18BrFN4O4. The first-order chi connectivity index (χ1) is 15.0. The van der Waals surface area contributed by atoms with Gasteiger partial charge in [-0.1, -0.05) is 34.1 Å². The molecule has 10 heteroatoms. The van der Waals surface area contributed by atoms with Crippen molar-refractivity contribution in [3.05, 3.63) is 75.2 Å². The molecule has 1 amide bonds. The highest BCUT2D eigenvalue weighted by Gasteiger charge is 2.22. The molecule has 8 nitrogen and oxygen atoms in total. The minimum atomic E-state index is -0.911. The second kappa shape index (κ2) is 9.27. The number of ether oxygens (including phenoxy) is 1. The van der Waals surface area contributed by atoms with Gasteiger partial charge in [-0.25, -0.2) is 9.18 Å². The van der Waals surface area contributed by atoms with Crippen molar-refractivity contribution in [1.82, 2.24) is 15.3 Å². The number of rotatable bonds is 7. The fourth-order valence-corrected chi connectivity index (χ4v) is 3.04. The first kappa shape index (κ1) is 21.0. The van der Waals surface area contributed by atoms with Gasteiger partial charge in [0, 0.05) is 10.5 Å². The van der Waals surface area contributed by atoms with Gasteiger partial charge in [0.25, 0.3) is 11.4 Å². The van der Waals surface area contributed by atoms with E-state index in [4.69, 9.17) is 9.57 Å². The van der Waals surface area contributed by atoms with Gasteiger partial charge in [0.15, 0.2) is 0 Å². The summed E-state index contributed by atoms with van der Waals surface area (Å²) in [6, 6.07) is 14.2. The van der Waals surface area contributed by atoms with E-state index >= 15 is 0 Å². The van der Waals surface area contributed by atoms with Gasteiger partial charge in [0.2, 0.25) is 0 Å². The second-order valence-corrected chi connectivity index (χ2v) is 7.86. The van der Waals surface area contributed by atoms with Crippen LogP contribution >= 0.6 is 15.9 Å². The number of hydrogen-bond donors (Lipinski definition) is 2. The zero-order valence-corrected chi connectivity index (χ0v) is 17.8. The average molecular weight is 489 g/mol. The molecule has 0 aliphatic heterocycles. The third kappa shape index (κ3) is 5.47. The Labute approximate surface area is 185 Å². The minimum absolute atomic E-state index is 0.0238. The van der Waals surface area contributed by atoms with Crippen molar-refractivity contribution >= 4 is 33.4 Å². The minimum Gasteiger partial charge on any atom is -0.386 e. The number of aromatic nitrogens is 2. The van der Waals surface area contributed by atoms with Crippen molar-refractivity contribution in [3.63, 3.8) is 0 Å². The number of hydrogen-bond acceptors (Lipinski definition) is 6. The van der Waals surface area contributed by atoms with E-state index < -0.39 is 17.5 Å². The zero-order chi connectivity index (χ0) is 21.8. The lowest BCUT2D eigenvalue weighted by Gasteiger charge is -2.14. The number of hydroxylamine groups is 1. The summed E-state index contributed by atoms with van der Waals surface area (Å²) in [4.78, 5) is 29.9. The fraction of sp³-hybridized carbons (Fsp3) is 0.190. The van der Waals surface area contributed by atoms with Crippen LogP contribution in [-0.2, 0) is 4.84 Å². The van der Waals surface area contributed by atoms with Crippen LogP contribution in [0.3, 0.4) is 0 Å². The molecule has 0 bridgehead atoms. The Bertz CT molecular complexity index is 1150. The molecule has 1 fully saturated rings. The third-order valence-electron chi connectivity index (χ3n) is 4.46. The lowest BCUT2D eigenvalue weighted by Crippen LogP contribution is -2.30. The average Bonchev–Trinajstić information content (AvgIpc) is 3.57. The van der Waals surface area contributed by atoms with Gasteiger partial charge in [-0.3, -0.25) is 9.63 Å². The monoisotopic (exact) mass is 488 g/mol. The van der Waals surface area contributed by atoms with Crippen LogP contribution in [0.25, 0.3) is 5.69 Å². The highest BCUT2D eigenvalue weighted by atomic mass is 79.9. The summed E-state index contributed by atoms with van der Waals surface area (Å²) in [6.07, 6.45) is 1.21. The molecule has 4 rings (SSSR count). The number of para-hydroxylation sites is 1. The topological polar surface area (TPSA) is 94.5 Å². The zero-order valence-electron chi connectivity index (χ0n) is 16.2. The molecule has 0 unspecified atom stereocenters. The van der Waals surface area contributed by atoms with Gasteiger partial charge in [0.05, 0.1) is 18.0 Å². The van der Waals surface area contributed by atoms with E-state index in [0.29, 0.717) is 22.7 Å². The summed E-state index contributed by atoms with van der Waals surface area (Å²) in [5.74, 6) is -0.348. The van der Waals surface area contributed by atoms with Crippen molar-refractivity contribution in [2.24, 2.45) is 5.92 Å². The number of carbonyl (C=O) groups is 1. The van der Waals surface area contributed by atoms with Gasteiger partial charge >= 0.3 is 6.09 Å². The Morgan fingerprint density at radius 3 is 2.65 bits per heavy atom. The molecule has 1 aromatic heterocycles. The molecule has 160 valence electrons. The predicted molar refractivity (Wildman–Crippen MR) is 115 cm³/mol. The quantitative estimate of drug-likeness (QED) is 0.481. The van der Waals surface area contributed by atoms with Crippen LogP contribution in [0, 0.1) is 11.7 Å². The fourth-order valence-electron chi connectivity index (χ4n) is 2.71. The molecule has 0 saturated heterocycles. The van der Waals surface area contributed by atoms with Crippen LogP contribution in [0.2, 0.25) is 0 Å². The SMILES string of the molecule is O=C(NOCC1CC1)Oc1nn(-c2ccccc2)c(=O)cc1Nc1ccc(Br)cc1F. The number of carbonyl (C=O) groups excluding carboxylic acids is 1. The van der Waals surface area contributed by atoms with Crippen molar-refractivity contribution in [2.75, 3.05) is 11.9 Å². The van der Waals surface area contributed by atoms with Gasteiger partial charge in [-0.05, 0) is 49.1 Å². The molecule has 1 aliphatic carbocycles. The number of amides is 1. The second-order valence-electron chi connectivity index (χ2n) is 6.94. The lowest BCUT2D eigenvalue weighted by atomic mass is 10.3. The Morgan fingerprint density at radius 1 is 1.16 bits per heavy atom. The maximum absolute atomic E-state index is 14.3. The number of nitrogens with one attached hydrogen (secondary N) is 2. The van der Waals surface area contributed by atoms with Crippen molar-refractivity contribution in [2.45, 2.75) is 12.8 Å². The van der Waals surface area contributed by atoms with Crippen LogP contribution in [0.5, 0.6) is 5.88 Å². The Kier molecular flexibility index (Phi) is 6.28. The molecule has 2 aromatic carbocycles. The van der Waals surface area contributed by atoms with E-state index in [0.717, 1.165) is 17.5 Å². The van der Waals surface area contributed by atoms with Crippen LogP contribution in [0.1, 0.15) is 12.8 Å². The molecule has 0 spiro atoms. The Balaban J connectivity index is 1.63.